The van der Waals surface area contributed by atoms with Crippen LogP contribution < -0.4 is 10.5 Å². The van der Waals surface area contributed by atoms with Crippen molar-refractivity contribution in [2.24, 2.45) is 10.1 Å². The standard InChI is InChI=1S/C11H10N6O2S/c12-6-14-7-16-9-3-1-8(2-4-9)10-5-15-11(17-10)20(13,18)19/h1-5,7H,(H,14,16)(H,15,17)(H2,13,18,19). The lowest BCUT2D eigenvalue weighted by molar-refractivity contribution is 0.590. The number of aromatic nitrogens is 2. The van der Waals surface area contributed by atoms with Gasteiger partial charge >= 0.3 is 0 Å². The van der Waals surface area contributed by atoms with E-state index >= 15 is 0 Å². The van der Waals surface area contributed by atoms with Gasteiger partial charge < -0.3 is 4.98 Å². The molecule has 1 heterocycles. The van der Waals surface area contributed by atoms with Gasteiger partial charge in [0.2, 0.25) is 5.16 Å². The van der Waals surface area contributed by atoms with Crippen LogP contribution in [0.2, 0.25) is 0 Å². The molecule has 0 bridgehead atoms. The van der Waals surface area contributed by atoms with Crippen LogP contribution in [0.3, 0.4) is 0 Å². The van der Waals surface area contributed by atoms with Crippen molar-refractivity contribution in [3.05, 3.63) is 30.5 Å². The SMILES string of the molecule is N#CNC=Nc1ccc(-c2cnc(S(N)(=O)=O)[nH]2)cc1. The molecule has 8 nitrogen and oxygen atoms in total. The van der Waals surface area contributed by atoms with Crippen molar-refractivity contribution in [3.8, 4) is 17.5 Å². The van der Waals surface area contributed by atoms with Crippen LogP contribution in [0, 0.1) is 11.5 Å². The lowest BCUT2D eigenvalue weighted by Gasteiger charge is -1.98. The van der Waals surface area contributed by atoms with Crippen LogP contribution in [-0.4, -0.2) is 24.7 Å². The molecule has 20 heavy (non-hydrogen) atoms. The molecule has 0 saturated carbocycles. The summed E-state index contributed by atoms with van der Waals surface area (Å²) in [6.07, 6.45) is 4.36. The highest BCUT2D eigenvalue weighted by Gasteiger charge is 2.12. The number of nitrogens with zero attached hydrogens (tertiary/aromatic N) is 3. The van der Waals surface area contributed by atoms with E-state index in [0.29, 0.717) is 11.4 Å². The van der Waals surface area contributed by atoms with Crippen LogP contribution in [0.4, 0.5) is 5.69 Å². The number of benzene rings is 1. The van der Waals surface area contributed by atoms with Crippen molar-refractivity contribution in [1.82, 2.24) is 15.3 Å². The minimum absolute atomic E-state index is 0.284. The first-order chi connectivity index (χ1) is 9.50. The number of rotatable bonds is 4. The second-order valence-corrected chi connectivity index (χ2v) is 5.18. The fourth-order valence-corrected chi connectivity index (χ4v) is 1.91. The molecule has 2 rings (SSSR count). The van der Waals surface area contributed by atoms with Crippen LogP contribution >= 0.6 is 0 Å². The van der Waals surface area contributed by atoms with E-state index in [2.05, 4.69) is 20.3 Å². The van der Waals surface area contributed by atoms with Crippen molar-refractivity contribution in [2.45, 2.75) is 5.16 Å². The number of hydrogen-bond donors (Lipinski definition) is 3. The number of nitrogens with two attached hydrogens (primary N) is 1. The van der Waals surface area contributed by atoms with Gasteiger partial charge in [-0.3, -0.25) is 5.32 Å². The molecule has 0 aliphatic rings. The van der Waals surface area contributed by atoms with Gasteiger partial charge in [0.05, 0.1) is 17.6 Å². The number of aromatic amines is 1. The first kappa shape index (κ1) is 13.7. The van der Waals surface area contributed by atoms with E-state index in [4.69, 9.17) is 10.4 Å². The summed E-state index contributed by atoms with van der Waals surface area (Å²) >= 11 is 0. The zero-order valence-corrected chi connectivity index (χ0v) is 10.9. The summed E-state index contributed by atoms with van der Waals surface area (Å²) in [7, 11) is -3.84. The second-order valence-electron chi connectivity index (χ2n) is 3.71. The molecule has 0 saturated heterocycles. The second kappa shape index (κ2) is 5.52. The van der Waals surface area contributed by atoms with Crippen molar-refractivity contribution < 1.29 is 8.42 Å². The minimum Gasteiger partial charge on any atom is -0.328 e. The Balaban J connectivity index is 2.22. The highest BCUT2D eigenvalue weighted by Crippen LogP contribution is 2.21. The summed E-state index contributed by atoms with van der Waals surface area (Å²) in [6, 6.07) is 6.89. The lowest BCUT2D eigenvalue weighted by Crippen LogP contribution is -2.13. The molecule has 0 amide bonds. The van der Waals surface area contributed by atoms with Crippen LogP contribution in [0.15, 0.2) is 40.6 Å². The summed E-state index contributed by atoms with van der Waals surface area (Å²) in [6.45, 7) is 0. The molecule has 1 aromatic carbocycles. The number of imidazole rings is 1. The molecule has 0 fully saturated rings. The van der Waals surface area contributed by atoms with Gasteiger partial charge in [-0.15, -0.1) is 0 Å². The van der Waals surface area contributed by atoms with Crippen LogP contribution in [0.1, 0.15) is 0 Å². The predicted octanol–water partition coefficient (Wildman–Crippen LogP) is 0.455. The quantitative estimate of drug-likeness (QED) is 0.325. The summed E-state index contributed by atoms with van der Waals surface area (Å²) < 4.78 is 22.2. The van der Waals surface area contributed by atoms with Gasteiger partial charge in [0.15, 0.2) is 6.19 Å². The maximum atomic E-state index is 11.1. The van der Waals surface area contributed by atoms with Crippen molar-refractivity contribution in [2.75, 3.05) is 0 Å². The fraction of sp³-hybridized carbons (Fsp3) is 0. The molecule has 4 N–H and O–H groups in total. The Hall–Kier alpha value is -2.70. The van der Waals surface area contributed by atoms with E-state index in [-0.39, 0.29) is 5.16 Å². The molecule has 102 valence electrons. The van der Waals surface area contributed by atoms with Gasteiger partial charge in [-0.1, -0.05) is 12.1 Å². The first-order valence-corrected chi connectivity index (χ1v) is 6.91. The number of aliphatic imine (C=N–C) groups is 1. The van der Waals surface area contributed by atoms with Gasteiger partial charge in [0.25, 0.3) is 10.0 Å². The van der Waals surface area contributed by atoms with E-state index in [1.165, 1.54) is 12.5 Å². The Morgan fingerprint density at radius 2 is 2.10 bits per heavy atom. The van der Waals surface area contributed by atoms with Crippen LogP contribution in [-0.2, 0) is 10.0 Å². The topological polar surface area (TPSA) is 137 Å². The maximum Gasteiger partial charge on any atom is 0.271 e. The molecule has 1 aromatic heterocycles. The molecule has 0 atom stereocenters. The maximum absolute atomic E-state index is 11.1. The minimum atomic E-state index is -3.84. The third-order valence-electron chi connectivity index (χ3n) is 2.34. The number of primary sulfonamides is 1. The predicted molar refractivity (Wildman–Crippen MR) is 72.3 cm³/mol. The lowest BCUT2D eigenvalue weighted by atomic mass is 10.1. The van der Waals surface area contributed by atoms with Crippen molar-refractivity contribution in [3.63, 3.8) is 0 Å². The number of hydrogen-bond acceptors (Lipinski definition) is 5. The van der Waals surface area contributed by atoms with Crippen molar-refractivity contribution in [1.29, 1.82) is 5.26 Å². The Bertz CT molecular complexity index is 770. The third-order valence-corrected chi connectivity index (χ3v) is 3.09. The molecular formula is C11H10N6O2S. The molecule has 2 aromatic rings. The Morgan fingerprint density at radius 1 is 1.40 bits per heavy atom. The summed E-state index contributed by atoms with van der Waals surface area (Å²) in [4.78, 5) is 10.3. The number of sulfonamides is 1. The Labute approximate surface area is 115 Å². The molecule has 0 radical (unpaired) electrons. The normalized spacial score (nSPS) is 11.4. The zero-order chi connectivity index (χ0) is 14.6. The molecule has 0 aliphatic carbocycles. The number of H-pyrrole nitrogens is 1. The fourth-order valence-electron chi connectivity index (χ4n) is 1.46. The van der Waals surface area contributed by atoms with Gasteiger partial charge in [-0.2, -0.15) is 5.26 Å². The van der Waals surface area contributed by atoms with Gasteiger partial charge in [-0.05, 0) is 17.7 Å². The largest absolute Gasteiger partial charge is 0.328 e. The summed E-state index contributed by atoms with van der Waals surface area (Å²) in [5.41, 5.74) is 1.90. The molecule has 0 aliphatic heterocycles. The van der Waals surface area contributed by atoms with E-state index in [9.17, 15) is 8.42 Å². The van der Waals surface area contributed by atoms with Crippen molar-refractivity contribution >= 4 is 22.0 Å². The molecular weight excluding hydrogens is 280 g/mol. The van der Waals surface area contributed by atoms with Gasteiger partial charge in [0.1, 0.15) is 6.34 Å². The Morgan fingerprint density at radius 3 is 2.65 bits per heavy atom. The van der Waals surface area contributed by atoms with Gasteiger partial charge in [0, 0.05) is 0 Å². The summed E-state index contributed by atoms with van der Waals surface area (Å²) in [5.74, 6) is 0. The monoisotopic (exact) mass is 290 g/mol. The van der Waals surface area contributed by atoms with E-state index < -0.39 is 10.0 Å². The number of nitriles is 1. The van der Waals surface area contributed by atoms with Crippen LogP contribution in [0.5, 0.6) is 0 Å². The average molecular weight is 290 g/mol. The van der Waals surface area contributed by atoms with E-state index in [0.717, 1.165) is 5.56 Å². The number of nitrogens with one attached hydrogen (secondary N) is 2. The molecule has 9 heteroatoms. The first-order valence-electron chi connectivity index (χ1n) is 5.36. The smallest absolute Gasteiger partial charge is 0.271 e. The third kappa shape index (κ3) is 3.19. The van der Waals surface area contributed by atoms with E-state index in [1.54, 1.807) is 30.5 Å². The Kier molecular flexibility index (Phi) is 3.79. The van der Waals surface area contributed by atoms with Gasteiger partial charge in [-0.25, -0.2) is 23.5 Å². The average Bonchev–Trinajstić information content (AvgIpc) is 2.89. The molecule has 0 spiro atoms. The highest BCUT2D eigenvalue weighted by molar-refractivity contribution is 7.89. The molecule has 0 unspecified atom stereocenters. The van der Waals surface area contributed by atoms with E-state index in [1.807, 2.05) is 0 Å². The summed E-state index contributed by atoms with van der Waals surface area (Å²) in [5, 5.41) is 15.2. The highest BCUT2D eigenvalue weighted by atomic mass is 32.2. The van der Waals surface area contributed by atoms with Crippen LogP contribution in [0.25, 0.3) is 11.3 Å². The zero-order valence-electron chi connectivity index (χ0n) is 10.1.